The predicted octanol–water partition coefficient (Wildman–Crippen LogP) is 2.33. The van der Waals surface area contributed by atoms with Gasteiger partial charge in [-0.2, -0.15) is 39.1 Å². The van der Waals surface area contributed by atoms with E-state index in [2.05, 4.69) is 6.58 Å². The predicted molar refractivity (Wildman–Crippen MR) is 106 cm³/mol. The Morgan fingerprint density at radius 3 is 2.18 bits per heavy atom. The lowest BCUT2D eigenvalue weighted by Gasteiger charge is -2.26. The van der Waals surface area contributed by atoms with Gasteiger partial charge in [-0.05, 0) is 24.6 Å². The molecule has 0 aromatic heterocycles. The molecule has 16 heteroatoms. The largest absolute Gasteiger partial charge is 0.416 e. The third kappa shape index (κ3) is 7.33. The minimum atomic E-state index is -4.89. The second-order valence-corrected chi connectivity index (χ2v) is 11.0. The molecule has 1 amide bonds. The topological polar surface area (TPSA) is 113 Å². The van der Waals surface area contributed by atoms with E-state index in [4.69, 9.17) is 0 Å². The number of halogens is 6. The molecule has 1 heterocycles. The first-order valence-corrected chi connectivity index (χ1v) is 12.4. The van der Waals surface area contributed by atoms with Crippen LogP contribution in [0.1, 0.15) is 22.3 Å². The molecule has 0 bridgehead atoms. The summed E-state index contributed by atoms with van der Waals surface area (Å²) < 4.78 is 128. The lowest BCUT2D eigenvalue weighted by Crippen LogP contribution is -2.46. The fraction of sp³-hybridized carbons (Fsp3) is 0.471. The zero-order valence-electron chi connectivity index (χ0n) is 16.8. The maximum atomic E-state index is 13.1. The molecule has 0 spiro atoms. The van der Waals surface area contributed by atoms with E-state index >= 15 is 0 Å². The number of nitrogens with zero attached hydrogens (tertiary/aromatic N) is 1. The Kier molecular flexibility index (Phi) is 7.75. The van der Waals surface area contributed by atoms with Gasteiger partial charge in [0.1, 0.15) is 0 Å². The lowest BCUT2D eigenvalue weighted by molar-refractivity contribution is -0.137. The van der Waals surface area contributed by atoms with Crippen LogP contribution in [0.4, 0.5) is 32.0 Å². The van der Waals surface area contributed by atoms with Crippen LogP contribution in [-0.2, 0) is 26.2 Å². The molecule has 186 valence electrons. The normalized spacial score (nSPS) is 17.4. The van der Waals surface area contributed by atoms with Crippen LogP contribution in [0.15, 0.2) is 30.4 Å². The van der Waals surface area contributed by atoms with Crippen molar-refractivity contribution in [3.8, 4) is 0 Å². The molecule has 1 aliphatic heterocycles. The first-order valence-electron chi connectivity index (χ1n) is 9.15. The Morgan fingerprint density at radius 2 is 1.67 bits per heavy atom. The average Bonchev–Trinajstić information content (AvgIpc) is 2.65. The Hall–Kier alpha value is -2.33. The number of alkyl halides is 6. The molecule has 0 unspecified atom stereocenters. The monoisotopic (exact) mass is 523 g/mol. The van der Waals surface area contributed by atoms with Gasteiger partial charge in [-0.3, -0.25) is 9.52 Å². The van der Waals surface area contributed by atoms with E-state index in [1.165, 1.54) is 0 Å². The first kappa shape index (κ1) is 26.9. The van der Waals surface area contributed by atoms with Crippen molar-refractivity contribution in [2.75, 3.05) is 35.9 Å². The summed E-state index contributed by atoms with van der Waals surface area (Å²) in [5.74, 6) is -2.18. The van der Waals surface area contributed by atoms with Crippen molar-refractivity contribution in [1.82, 2.24) is 9.62 Å². The maximum Gasteiger partial charge on any atom is 0.416 e. The molecule has 33 heavy (non-hydrogen) atoms. The van der Waals surface area contributed by atoms with E-state index in [0.717, 1.165) is 4.31 Å². The van der Waals surface area contributed by atoms with Crippen molar-refractivity contribution < 1.29 is 48.0 Å². The molecular formula is C17H19F6N3O5S2. The molecule has 1 saturated heterocycles. The van der Waals surface area contributed by atoms with Gasteiger partial charge in [0.25, 0.3) is 5.91 Å². The van der Waals surface area contributed by atoms with Crippen LogP contribution in [0.25, 0.3) is 0 Å². The lowest BCUT2D eigenvalue weighted by atomic mass is 10.1. The van der Waals surface area contributed by atoms with Gasteiger partial charge >= 0.3 is 22.6 Å². The van der Waals surface area contributed by atoms with Gasteiger partial charge in [0.15, 0.2) is 9.84 Å². The van der Waals surface area contributed by atoms with E-state index in [0.29, 0.717) is 18.2 Å². The SMILES string of the molecule is C=C(CCNC(=O)c1cc(C(F)(F)F)ccc1NS(=O)(=O)N1CCS(=O)(=O)CC1)C(F)(F)F. The Bertz CT molecular complexity index is 1120. The van der Waals surface area contributed by atoms with Crippen LogP contribution >= 0.6 is 0 Å². The quantitative estimate of drug-likeness (QED) is 0.421. The summed E-state index contributed by atoms with van der Waals surface area (Å²) in [6.07, 6.45) is -10.3. The molecular weight excluding hydrogens is 504 g/mol. The third-order valence-electron chi connectivity index (χ3n) is 4.59. The Morgan fingerprint density at radius 1 is 1.09 bits per heavy atom. The van der Waals surface area contributed by atoms with Gasteiger partial charge in [-0.1, -0.05) is 6.58 Å². The fourth-order valence-electron chi connectivity index (χ4n) is 2.70. The fourth-order valence-corrected chi connectivity index (χ4v) is 5.38. The molecule has 1 aromatic carbocycles. The number of hydrogen-bond acceptors (Lipinski definition) is 5. The standard InChI is InChI=1S/C17H19F6N3O5S2/c1-11(16(18,19)20)4-5-24-15(27)13-10-12(17(21,22)23)2-3-14(13)25-33(30,31)26-6-8-32(28,29)9-7-26/h2-3,10,25H,1,4-9H2,(H,24,27). The van der Waals surface area contributed by atoms with Gasteiger partial charge in [0.2, 0.25) is 0 Å². The van der Waals surface area contributed by atoms with Crippen molar-refractivity contribution in [2.45, 2.75) is 18.8 Å². The minimum absolute atomic E-state index is 0.354. The van der Waals surface area contributed by atoms with E-state index < -0.39 is 98.3 Å². The van der Waals surface area contributed by atoms with Crippen LogP contribution in [0.2, 0.25) is 0 Å². The highest BCUT2D eigenvalue weighted by molar-refractivity contribution is 7.92. The number of sulfone groups is 1. The second-order valence-electron chi connectivity index (χ2n) is 7.02. The molecule has 1 fully saturated rings. The van der Waals surface area contributed by atoms with Gasteiger partial charge < -0.3 is 5.32 Å². The zero-order chi connectivity index (χ0) is 25.2. The highest BCUT2D eigenvalue weighted by Gasteiger charge is 2.34. The van der Waals surface area contributed by atoms with Crippen molar-refractivity contribution in [3.63, 3.8) is 0 Å². The van der Waals surface area contributed by atoms with Crippen molar-refractivity contribution >= 4 is 31.6 Å². The van der Waals surface area contributed by atoms with E-state index in [1.54, 1.807) is 0 Å². The van der Waals surface area contributed by atoms with Crippen molar-refractivity contribution in [2.24, 2.45) is 0 Å². The van der Waals surface area contributed by atoms with E-state index in [-0.39, 0.29) is 0 Å². The zero-order valence-corrected chi connectivity index (χ0v) is 18.4. The molecule has 1 aromatic rings. The van der Waals surface area contributed by atoms with Crippen LogP contribution < -0.4 is 10.0 Å². The van der Waals surface area contributed by atoms with Crippen LogP contribution in [0.5, 0.6) is 0 Å². The number of anilines is 1. The molecule has 1 aliphatic rings. The average molecular weight is 523 g/mol. The molecule has 0 aliphatic carbocycles. The maximum absolute atomic E-state index is 13.1. The molecule has 2 rings (SSSR count). The number of nitrogens with one attached hydrogen (secondary N) is 2. The van der Waals surface area contributed by atoms with Crippen LogP contribution in [-0.4, -0.2) is 64.4 Å². The number of hydrogen-bond donors (Lipinski definition) is 2. The third-order valence-corrected chi connectivity index (χ3v) is 7.72. The number of benzene rings is 1. The number of carbonyl (C=O) groups is 1. The second kappa shape index (κ2) is 9.50. The first-order chi connectivity index (χ1) is 14.9. The smallest absolute Gasteiger partial charge is 0.352 e. The summed E-state index contributed by atoms with van der Waals surface area (Å²) in [5, 5.41) is 2.00. The number of carbonyl (C=O) groups excluding carboxylic acids is 1. The Labute approximate surface area is 185 Å². The van der Waals surface area contributed by atoms with Crippen molar-refractivity contribution in [3.05, 3.63) is 41.5 Å². The number of amides is 1. The summed E-state index contributed by atoms with van der Waals surface area (Å²) >= 11 is 0. The van der Waals surface area contributed by atoms with Gasteiger partial charge in [0.05, 0.1) is 28.3 Å². The summed E-state index contributed by atoms with van der Waals surface area (Å²) in [6.45, 7) is 1.38. The molecule has 2 N–H and O–H groups in total. The van der Waals surface area contributed by atoms with E-state index in [1.807, 2.05) is 10.0 Å². The summed E-state index contributed by atoms with van der Waals surface area (Å²) in [7, 11) is -7.88. The molecule has 0 radical (unpaired) electrons. The molecule has 0 saturated carbocycles. The van der Waals surface area contributed by atoms with Crippen LogP contribution in [0.3, 0.4) is 0 Å². The Balaban J connectivity index is 2.27. The molecule has 0 atom stereocenters. The van der Waals surface area contributed by atoms with Gasteiger partial charge in [-0.25, -0.2) is 8.42 Å². The van der Waals surface area contributed by atoms with Crippen LogP contribution in [0, 0.1) is 0 Å². The highest BCUT2D eigenvalue weighted by atomic mass is 32.2. The van der Waals surface area contributed by atoms with Crippen molar-refractivity contribution in [1.29, 1.82) is 0 Å². The summed E-state index contributed by atoms with van der Waals surface area (Å²) in [6, 6.07) is 1.55. The minimum Gasteiger partial charge on any atom is -0.352 e. The van der Waals surface area contributed by atoms with Gasteiger partial charge in [-0.15, -0.1) is 0 Å². The highest BCUT2D eigenvalue weighted by Crippen LogP contribution is 2.32. The van der Waals surface area contributed by atoms with E-state index in [9.17, 15) is 48.0 Å². The number of rotatable bonds is 7. The summed E-state index contributed by atoms with van der Waals surface area (Å²) in [5.41, 5.74) is -3.81. The van der Waals surface area contributed by atoms with Gasteiger partial charge in [0, 0.05) is 25.2 Å². The summed E-state index contributed by atoms with van der Waals surface area (Å²) in [4.78, 5) is 12.4. The molecule has 8 nitrogen and oxygen atoms in total.